The number of rotatable bonds is 4. The van der Waals surface area contributed by atoms with Crippen LogP contribution in [0.5, 0.6) is 0 Å². The van der Waals surface area contributed by atoms with Crippen molar-refractivity contribution < 1.29 is 9.53 Å². The third kappa shape index (κ3) is 3.88. The molecule has 1 atom stereocenters. The molecule has 1 fully saturated rings. The number of ether oxygens (including phenoxy) is 1. The molecule has 1 aromatic rings. The van der Waals surface area contributed by atoms with Crippen LogP contribution in [0.1, 0.15) is 19.4 Å². The van der Waals surface area contributed by atoms with Crippen LogP contribution in [0.15, 0.2) is 28.7 Å². The van der Waals surface area contributed by atoms with Crippen molar-refractivity contribution in [2.45, 2.75) is 32.4 Å². The van der Waals surface area contributed by atoms with E-state index in [0.717, 1.165) is 16.6 Å². The number of nitrogens with zero attached hydrogens (tertiary/aromatic N) is 1. The van der Waals surface area contributed by atoms with E-state index in [9.17, 15) is 4.79 Å². The van der Waals surface area contributed by atoms with E-state index in [1.807, 2.05) is 24.3 Å². The normalized spacial score (nSPS) is 20.7. The summed E-state index contributed by atoms with van der Waals surface area (Å²) in [6.07, 6.45) is 0.140. The van der Waals surface area contributed by atoms with Crippen LogP contribution in [0, 0.1) is 0 Å². The molecule has 0 bridgehead atoms. The molecule has 0 amide bonds. The van der Waals surface area contributed by atoms with Crippen molar-refractivity contribution in [3.8, 4) is 0 Å². The summed E-state index contributed by atoms with van der Waals surface area (Å²) in [5, 5.41) is 0. The van der Waals surface area contributed by atoms with Gasteiger partial charge in [-0.25, -0.2) is 0 Å². The van der Waals surface area contributed by atoms with Crippen LogP contribution in [-0.2, 0) is 16.0 Å². The molecule has 1 aliphatic rings. The highest BCUT2D eigenvalue weighted by molar-refractivity contribution is 9.10. The Bertz CT molecular complexity index is 448. The molecule has 0 aliphatic carbocycles. The van der Waals surface area contributed by atoms with Crippen molar-refractivity contribution in [1.82, 2.24) is 4.90 Å². The lowest BCUT2D eigenvalue weighted by atomic mass is 10.0. The van der Waals surface area contributed by atoms with Gasteiger partial charge in [-0.1, -0.05) is 34.1 Å². The van der Waals surface area contributed by atoms with E-state index >= 15 is 0 Å². The molecule has 1 saturated heterocycles. The van der Waals surface area contributed by atoms with Gasteiger partial charge in [-0.05, 0) is 25.5 Å². The van der Waals surface area contributed by atoms with Gasteiger partial charge in [0.1, 0.15) is 6.10 Å². The molecular formula is C15H20BrNO2. The number of benzene rings is 1. The minimum Gasteiger partial charge on any atom is -0.368 e. The third-order valence-corrected chi connectivity index (χ3v) is 4.28. The molecule has 0 saturated carbocycles. The Kier molecular flexibility index (Phi) is 5.13. The lowest BCUT2D eigenvalue weighted by molar-refractivity contribution is -0.136. The molecule has 0 N–H and O–H groups in total. The second-order valence-electron chi connectivity index (χ2n) is 5.18. The van der Waals surface area contributed by atoms with Gasteiger partial charge in [-0.3, -0.25) is 9.69 Å². The van der Waals surface area contributed by atoms with Crippen molar-refractivity contribution in [2.24, 2.45) is 0 Å². The number of carbonyl (C=O) groups excluding carboxylic acids is 1. The number of hydrogen-bond acceptors (Lipinski definition) is 3. The highest BCUT2D eigenvalue weighted by atomic mass is 79.9. The van der Waals surface area contributed by atoms with Crippen molar-refractivity contribution >= 4 is 21.7 Å². The molecule has 0 spiro atoms. The Morgan fingerprint density at radius 1 is 1.47 bits per heavy atom. The van der Waals surface area contributed by atoms with E-state index in [2.05, 4.69) is 34.7 Å². The molecule has 2 rings (SSSR count). The van der Waals surface area contributed by atoms with Gasteiger partial charge in [0, 0.05) is 30.0 Å². The van der Waals surface area contributed by atoms with Gasteiger partial charge in [0.15, 0.2) is 5.78 Å². The fourth-order valence-corrected chi connectivity index (χ4v) is 2.70. The lowest BCUT2D eigenvalue weighted by Crippen LogP contribution is -2.49. The Morgan fingerprint density at radius 3 is 2.89 bits per heavy atom. The summed E-state index contributed by atoms with van der Waals surface area (Å²) in [6.45, 7) is 6.57. The van der Waals surface area contributed by atoms with Crippen LogP contribution in [0.2, 0.25) is 0 Å². The zero-order chi connectivity index (χ0) is 13.8. The standard InChI is InChI=1S/C15H20BrNO2/c1-11(2)17-7-8-19-15(10-17)14(18)9-12-5-3-4-6-13(12)16/h3-6,11,15H,7-10H2,1-2H3. The number of ketones is 1. The zero-order valence-corrected chi connectivity index (χ0v) is 13.0. The summed E-state index contributed by atoms with van der Waals surface area (Å²) >= 11 is 3.48. The number of halogens is 1. The summed E-state index contributed by atoms with van der Waals surface area (Å²) in [6, 6.07) is 8.31. The quantitative estimate of drug-likeness (QED) is 0.852. The van der Waals surface area contributed by atoms with E-state index in [1.165, 1.54) is 0 Å². The summed E-state index contributed by atoms with van der Waals surface area (Å²) in [5.41, 5.74) is 1.03. The Labute approximate surface area is 123 Å². The first-order valence-electron chi connectivity index (χ1n) is 6.69. The van der Waals surface area contributed by atoms with Gasteiger partial charge in [0.05, 0.1) is 6.61 Å². The molecule has 0 radical (unpaired) electrons. The SMILES string of the molecule is CC(C)N1CCOC(C(=O)Cc2ccccc2Br)C1. The molecule has 1 aliphatic heterocycles. The second-order valence-corrected chi connectivity index (χ2v) is 6.04. The topological polar surface area (TPSA) is 29.5 Å². The minimum absolute atomic E-state index is 0.164. The zero-order valence-electron chi connectivity index (χ0n) is 11.4. The second kappa shape index (κ2) is 6.64. The van der Waals surface area contributed by atoms with E-state index in [4.69, 9.17) is 4.74 Å². The maximum atomic E-state index is 12.3. The first-order chi connectivity index (χ1) is 9.08. The first kappa shape index (κ1) is 14.7. The third-order valence-electron chi connectivity index (χ3n) is 3.51. The maximum absolute atomic E-state index is 12.3. The highest BCUT2D eigenvalue weighted by Crippen LogP contribution is 2.18. The Hall–Kier alpha value is -0.710. The van der Waals surface area contributed by atoms with Crippen LogP contribution in [0.3, 0.4) is 0 Å². The molecule has 104 valence electrons. The van der Waals surface area contributed by atoms with E-state index in [0.29, 0.717) is 25.6 Å². The van der Waals surface area contributed by atoms with Crippen LogP contribution < -0.4 is 0 Å². The molecule has 0 aromatic heterocycles. The largest absolute Gasteiger partial charge is 0.368 e. The smallest absolute Gasteiger partial charge is 0.167 e. The summed E-state index contributed by atoms with van der Waals surface area (Å²) in [7, 11) is 0. The average molecular weight is 326 g/mol. The molecule has 1 aromatic carbocycles. The van der Waals surface area contributed by atoms with Crippen LogP contribution in [-0.4, -0.2) is 42.5 Å². The van der Waals surface area contributed by atoms with Gasteiger partial charge >= 0.3 is 0 Å². The van der Waals surface area contributed by atoms with Crippen molar-refractivity contribution in [3.63, 3.8) is 0 Å². The van der Waals surface area contributed by atoms with Crippen LogP contribution >= 0.6 is 15.9 Å². The number of hydrogen-bond donors (Lipinski definition) is 0. The van der Waals surface area contributed by atoms with Gasteiger partial charge < -0.3 is 4.74 Å². The molecule has 19 heavy (non-hydrogen) atoms. The number of morpholine rings is 1. The van der Waals surface area contributed by atoms with Crippen LogP contribution in [0.4, 0.5) is 0 Å². The van der Waals surface area contributed by atoms with Crippen molar-refractivity contribution in [2.75, 3.05) is 19.7 Å². The molecule has 1 unspecified atom stereocenters. The molecule has 4 heteroatoms. The molecular weight excluding hydrogens is 306 g/mol. The maximum Gasteiger partial charge on any atom is 0.167 e. The van der Waals surface area contributed by atoms with E-state index in [-0.39, 0.29) is 11.9 Å². The first-order valence-corrected chi connectivity index (χ1v) is 7.49. The van der Waals surface area contributed by atoms with Gasteiger partial charge in [0.2, 0.25) is 0 Å². The van der Waals surface area contributed by atoms with Gasteiger partial charge in [-0.2, -0.15) is 0 Å². The van der Waals surface area contributed by atoms with Crippen molar-refractivity contribution in [3.05, 3.63) is 34.3 Å². The summed E-state index contributed by atoms with van der Waals surface area (Å²) in [5.74, 6) is 0.164. The monoisotopic (exact) mass is 325 g/mol. The van der Waals surface area contributed by atoms with Gasteiger partial charge in [0.25, 0.3) is 0 Å². The predicted octanol–water partition coefficient (Wildman–Crippen LogP) is 2.67. The van der Waals surface area contributed by atoms with Crippen molar-refractivity contribution in [1.29, 1.82) is 0 Å². The minimum atomic E-state index is -0.289. The summed E-state index contributed by atoms with van der Waals surface area (Å²) in [4.78, 5) is 14.6. The number of carbonyl (C=O) groups is 1. The predicted molar refractivity (Wildman–Crippen MR) is 79.3 cm³/mol. The van der Waals surface area contributed by atoms with Crippen LogP contribution in [0.25, 0.3) is 0 Å². The fraction of sp³-hybridized carbons (Fsp3) is 0.533. The summed E-state index contributed by atoms with van der Waals surface area (Å²) < 4.78 is 6.61. The van der Waals surface area contributed by atoms with E-state index < -0.39 is 0 Å². The fourth-order valence-electron chi connectivity index (χ4n) is 2.28. The van der Waals surface area contributed by atoms with E-state index in [1.54, 1.807) is 0 Å². The Balaban J connectivity index is 1.98. The lowest BCUT2D eigenvalue weighted by Gasteiger charge is -2.34. The molecule has 3 nitrogen and oxygen atoms in total. The molecule has 1 heterocycles. The average Bonchev–Trinajstić information content (AvgIpc) is 2.41. The highest BCUT2D eigenvalue weighted by Gasteiger charge is 2.27. The van der Waals surface area contributed by atoms with Gasteiger partial charge in [-0.15, -0.1) is 0 Å². The number of Topliss-reactive ketones (excluding diaryl/α,β-unsaturated/α-hetero) is 1. The Morgan fingerprint density at radius 2 is 2.21 bits per heavy atom.